The number of hydrogen-bond acceptors (Lipinski definition) is 2. The number of halogens is 1. The standard InChI is InChI=1S/C16H20FNS/c1-4-8-18-12(3)14-6-5-13(17)10-15(14)16-11(2)7-9-19-16/h5-7,9-10,12,18H,4,8H2,1-3H3. The van der Waals surface area contributed by atoms with Gasteiger partial charge in [-0.05, 0) is 67.1 Å². The predicted octanol–water partition coefficient (Wildman–Crippen LogP) is 4.92. The van der Waals surface area contributed by atoms with E-state index in [4.69, 9.17) is 0 Å². The minimum absolute atomic E-state index is 0.172. The Morgan fingerprint density at radius 2 is 2.11 bits per heavy atom. The van der Waals surface area contributed by atoms with Gasteiger partial charge in [-0.2, -0.15) is 0 Å². The molecule has 1 unspecified atom stereocenters. The van der Waals surface area contributed by atoms with E-state index in [0.717, 1.165) is 18.5 Å². The van der Waals surface area contributed by atoms with E-state index in [1.165, 1.54) is 16.0 Å². The highest BCUT2D eigenvalue weighted by molar-refractivity contribution is 7.13. The molecule has 19 heavy (non-hydrogen) atoms. The third kappa shape index (κ3) is 3.23. The van der Waals surface area contributed by atoms with E-state index in [1.807, 2.05) is 6.07 Å². The van der Waals surface area contributed by atoms with Crippen LogP contribution in [-0.4, -0.2) is 6.54 Å². The number of aryl methyl sites for hydroxylation is 1. The van der Waals surface area contributed by atoms with E-state index in [1.54, 1.807) is 23.5 Å². The number of hydrogen-bond donors (Lipinski definition) is 1. The van der Waals surface area contributed by atoms with Crippen LogP contribution < -0.4 is 5.32 Å². The first-order chi connectivity index (χ1) is 9.13. The lowest BCUT2D eigenvalue weighted by Gasteiger charge is -2.18. The molecule has 0 aliphatic carbocycles. The van der Waals surface area contributed by atoms with Gasteiger partial charge in [0.25, 0.3) is 0 Å². The minimum atomic E-state index is -0.172. The van der Waals surface area contributed by atoms with Crippen LogP contribution in [0.2, 0.25) is 0 Å². The Balaban J connectivity index is 2.41. The third-order valence-corrected chi connectivity index (χ3v) is 4.34. The first-order valence-electron chi connectivity index (χ1n) is 6.70. The van der Waals surface area contributed by atoms with E-state index in [-0.39, 0.29) is 11.9 Å². The molecule has 0 radical (unpaired) electrons. The van der Waals surface area contributed by atoms with E-state index in [9.17, 15) is 4.39 Å². The molecule has 1 heterocycles. The van der Waals surface area contributed by atoms with Crippen molar-refractivity contribution in [1.29, 1.82) is 0 Å². The zero-order valence-corrected chi connectivity index (χ0v) is 12.5. The van der Waals surface area contributed by atoms with Gasteiger partial charge in [-0.15, -0.1) is 11.3 Å². The lowest BCUT2D eigenvalue weighted by Crippen LogP contribution is -2.19. The van der Waals surface area contributed by atoms with Gasteiger partial charge < -0.3 is 5.32 Å². The molecule has 3 heteroatoms. The van der Waals surface area contributed by atoms with Gasteiger partial charge in [-0.3, -0.25) is 0 Å². The number of benzene rings is 1. The molecule has 0 saturated heterocycles. The lowest BCUT2D eigenvalue weighted by atomic mass is 9.98. The summed E-state index contributed by atoms with van der Waals surface area (Å²) in [5.74, 6) is -0.172. The molecule has 0 aliphatic rings. The maximum atomic E-state index is 13.6. The monoisotopic (exact) mass is 277 g/mol. The summed E-state index contributed by atoms with van der Waals surface area (Å²) >= 11 is 1.67. The van der Waals surface area contributed by atoms with Crippen LogP contribution in [0.1, 0.15) is 37.4 Å². The third-order valence-electron chi connectivity index (χ3n) is 3.29. The maximum Gasteiger partial charge on any atom is 0.123 e. The Labute approximate surface area is 118 Å². The van der Waals surface area contributed by atoms with Gasteiger partial charge in [0.2, 0.25) is 0 Å². The summed E-state index contributed by atoms with van der Waals surface area (Å²) in [7, 11) is 0. The molecule has 0 bridgehead atoms. The highest BCUT2D eigenvalue weighted by atomic mass is 32.1. The summed E-state index contributed by atoms with van der Waals surface area (Å²) in [6.07, 6.45) is 1.10. The molecular formula is C16H20FNS. The van der Waals surface area contributed by atoms with Crippen LogP contribution in [0, 0.1) is 12.7 Å². The van der Waals surface area contributed by atoms with Crippen LogP contribution in [0.5, 0.6) is 0 Å². The Morgan fingerprint density at radius 3 is 2.74 bits per heavy atom. The van der Waals surface area contributed by atoms with Gasteiger partial charge in [0.15, 0.2) is 0 Å². The summed E-state index contributed by atoms with van der Waals surface area (Å²) in [5.41, 5.74) is 3.39. The molecule has 0 saturated carbocycles. The van der Waals surface area contributed by atoms with Crippen LogP contribution in [0.25, 0.3) is 10.4 Å². The summed E-state index contributed by atoms with van der Waals surface area (Å²) in [6, 6.07) is 7.41. The summed E-state index contributed by atoms with van der Waals surface area (Å²) in [4.78, 5) is 1.17. The molecule has 0 aliphatic heterocycles. The van der Waals surface area contributed by atoms with Crippen molar-refractivity contribution in [3.05, 3.63) is 46.6 Å². The van der Waals surface area contributed by atoms with Crippen LogP contribution >= 0.6 is 11.3 Å². The molecule has 2 aromatic rings. The molecule has 1 aromatic heterocycles. The number of thiophene rings is 1. The fourth-order valence-corrected chi connectivity index (χ4v) is 3.19. The average molecular weight is 277 g/mol. The van der Waals surface area contributed by atoms with Gasteiger partial charge in [0.05, 0.1) is 0 Å². The molecular weight excluding hydrogens is 257 g/mol. The van der Waals surface area contributed by atoms with Crippen molar-refractivity contribution in [3.63, 3.8) is 0 Å². The van der Waals surface area contributed by atoms with Crippen molar-refractivity contribution < 1.29 is 4.39 Å². The van der Waals surface area contributed by atoms with Gasteiger partial charge in [-0.25, -0.2) is 4.39 Å². The van der Waals surface area contributed by atoms with E-state index >= 15 is 0 Å². The molecule has 1 atom stereocenters. The molecule has 1 aromatic carbocycles. The van der Waals surface area contributed by atoms with Crippen LogP contribution in [0.4, 0.5) is 4.39 Å². The fourth-order valence-electron chi connectivity index (χ4n) is 2.22. The summed E-state index contributed by atoms with van der Waals surface area (Å²) in [5, 5.41) is 5.53. The molecule has 1 nitrogen and oxygen atoms in total. The Bertz CT molecular complexity index is 547. The summed E-state index contributed by atoms with van der Waals surface area (Å²) in [6.45, 7) is 7.33. The zero-order chi connectivity index (χ0) is 13.8. The van der Waals surface area contributed by atoms with Gasteiger partial charge >= 0.3 is 0 Å². The quantitative estimate of drug-likeness (QED) is 0.817. The zero-order valence-electron chi connectivity index (χ0n) is 11.7. The second-order valence-electron chi connectivity index (χ2n) is 4.84. The minimum Gasteiger partial charge on any atom is -0.310 e. The largest absolute Gasteiger partial charge is 0.310 e. The Kier molecular flexibility index (Phi) is 4.72. The molecule has 1 N–H and O–H groups in total. The highest BCUT2D eigenvalue weighted by Crippen LogP contribution is 2.34. The van der Waals surface area contributed by atoms with E-state index < -0.39 is 0 Å². The predicted molar refractivity (Wildman–Crippen MR) is 81.2 cm³/mol. The average Bonchev–Trinajstić information content (AvgIpc) is 2.82. The topological polar surface area (TPSA) is 12.0 Å². The van der Waals surface area contributed by atoms with Crippen molar-refractivity contribution in [1.82, 2.24) is 5.32 Å². The van der Waals surface area contributed by atoms with Crippen molar-refractivity contribution in [2.45, 2.75) is 33.2 Å². The Hall–Kier alpha value is -1.19. The first-order valence-corrected chi connectivity index (χ1v) is 7.58. The van der Waals surface area contributed by atoms with Gasteiger partial charge in [0.1, 0.15) is 5.82 Å². The summed E-state index contributed by atoms with van der Waals surface area (Å²) < 4.78 is 13.6. The molecule has 0 spiro atoms. The molecule has 0 fully saturated rings. The molecule has 2 rings (SSSR count). The maximum absolute atomic E-state index is 13.6. The Morgan fingerprint density at radius 1 is 1.32 bits per heavy atom. The van der Waals surface area contributed by atoms with Crippen molar-refractivity contribution in [2.24, 2.45) is 0 Å². The van der Waals surface area contributed by atoms with Crippen molar-refractivity contribution in [2.75, 3.05) is 6.54 Å². The molecule has 102 valence electrons. The number of rotatable bonds is 5. The van der Waals surface area contributed by atoms with Gasteiger partial charge in [-0.1, -0.05) is 13.0 Å². The fraction of sp³-hybridized carbons (Fsp3) is 0.375. The second kappa shape index (κ2) is 6.31. The normalized spacial score (nSPS) is 12.6. The van der Waals surface area contributed by atoms with Crippen molar-refractivity contribution in [3.8, 4) is 10.4 Å². The first kappa shape index (κ1) is 14.2. The lowest BCUT2D eigenvalue weighted by molar-refractivity contribution is 0.569. The highest BCUT2D eigenvalue weighted by Gasteiger charge is 2.14. The number of nitrogens with one attached hydrogen (secondary N) is 1. The smallest absolute Gasteiger partial charge is 0.123 e. The van der Waals surface area contributed by atoms with Gasteiger partial charge in [0, 0.05) is 10.9 Å². The van der Waals surface area contributed by atoms with Crippen LogP contribution in [0.15, 0.2) is 29.6 Å². The van der Waals surface area contributed by atoms with Crippen LogP contribution in [0.3, 0.4) is 0 Å². The van der Waals surface area contributed by atoms with Crippen molar-refractivity contribution >= 4 is 11.3 Å². The molecule has 0 amide bonds. The van der Waals surface area contributed by atoms with Crippen LogP contribution in [-0.2, 0) is 0 Å². The van der Waals surface area contributed by atoms with E-state index in [0.29, 0.717) is 0 Å². The SMILES string of the molecule is CCCNC(C)c1ccc(F)cc1-c1sccc1C. The van der Waals surface area contributed by atoms with E-state index in [2.05, 4.69) is 37.5 Å². The second-order valence-corrected chi connectivity index (χ2v) is 5.76.